The Morgan fingerprint density at radius 3 is 1.92 bits per heavy atom. The Kier molecular flexibility index (Phi) is 11.9. The lowest BCUT2D eigenvalue weighted by atomic mass is 10.2. The molecule has 0 aliphatic carbocycles. The highest BCUT2D eigenvalue weighted by Gasteiger charge is 1.93. The van der Waals surface area contributed by atoms with Crippen molar-refractivity contribution in [2.75, 3.05) is 18.4 Å². The first kappa shape index (κ1) is 12.4. The van der Waals surface area contributed by atoms with Crippen molar-refractivity contribution < 1.29 is 0 Å². The van der Waals surface area contributed by atoms with Crippen molar-refractivity contribution in [3.05, 3.63) is 0 Å². The molecule has 0 saturated carbocycles. The van der Waals surface area contributed by atoms with E-state index in [0.717, 1.165) is 0 Å². The van der Waals surface area contributed by atoms with Crippen LogP contribution < -0.4 is 5.32 Å². The van der Waals surface area contributed by atoms with Gasteiger partial charge in [-0.3, -0.25) is 0 Å². The molecule has 1 rings (SSSR count). The maximum Gasteiger partial charge on any atom is 0.00313 e. The van der Waals surface area contributed by atoms with E-state index in [1.807, 2.05) is 0 Å². The molecule has 1 N–H and O–H groups in total. The molecule has 1 nitrogen and oxygen atoms in total. The van der Waals surface area contributed by atoms with E-state index in [-0.39, 0.29) is 0 Å². The number of alkyl halides is 1. The van der Waals surface area contributed by atoms with Crippen molar-refractivity contribution in [3.63, 3.8) is 0 Å². The summed E-state index contributed by atoms with van der Waals surface area (Å²) in [6.45, 7) is 4.71. The summed E-state index contributed by atoms with van der Waals surface area (Å²) in [5.74, 6) is 0. The minimum Gasteiger partial charge on any atom is -0.317 e. The van der Waals surface area contributed by atoms with Gasteiger partial charge in [0, 0.05) is 5.33 Å². The molecule has 0 aromatic rings. The van der Waals surface area contributed by atoms with E-state index in [0.29, 0.717) is 0 Å². The number of hydrogen-bond acceptors (Lipinski definition) is 1. The van der Waals surface area contributed by atoms with E-state index in [1.54, 1.807) is 0 Å². The Labute approximate surface area is 85.4 Å². The van der Waals surface area contributed by atoms with Crippen LogP contribution in [0.4, 0.5) is 0 Å². The van der Waals surface area contributed by atoms with Crippen molar-refractivity contribution in [1.82, 2.24) is 5.32 Å². The first-order chi connectivity index (χ1) is 5.91. The molecule has 0 aromatic heterocycles. The van der Waals surface area contributed by atoms with Crippen molar-refractivity contribution in [3.8, 4) is 0 Å². The van der Waals surface area contributed by atoms with Gasteiger partial charge < -0.3 is 5.32 Å². The standard InChI is InChI=1S/C5H11Br.C5H11N/c1-2-3-4-5-6;1-2-4-6-5-3-1/h2-5H2,1H3;6H,1-5H2. The average Bonchev–Trinajstić information content (AvgIpc) is 2.18. The van der Waals surface area contributed by atoms with Gasteiger partial charge in [0.25, 0.3) is 0 Å². The third-order valence-corrected chi connectivity index (χ3v) is 2.51. The SMILES string of the molecule is C1CCNCC1.CCCCCBr. The number of nitrogens with one attached hydrogen (secondary N) is 1. The van der Waals surface area contributed by atoms with Crippen LogP contribution in [0.5, 0.6) is 0 Å². The van der Waals surface area contributed by atoms with Crippen LogP contribution >= 0.6 is 15.9 Å². The fourth-order valence-electron chi connectivity index (χ4n) is 1.15. The minimum atomic E-state index is 1.17. The molecular formula is C10H22BrN. The number of piperidine rings is 1. The quantitative estimate of drug-likeness (QED) is 0.585. The summed E-state index contributed by atoms with van der Waals surface area (Å²) in [7, 11) is 0. The lowest BCUT2D eigenvalue weighted by molar-refractivity contribution is 0.520. The first-order valence-corrected chi connectivity index (χ1v) is 6.30. The summed E-state index contributed by atoms with van der Waals surface area (Å²) in [5, 5.41) is 4.45. The van der Waals surface area contributed by atoms with Gasteiger partial charge in [-0.25, -0.2) is 0 Å². The molecule has 0 radical (unpaired) electrons. The second-order valence-corrected chi connectivity index (χ2v) is 4.00. The summed E-state index contributed by atoms with van der Waals surface area (Å²) < 4.78 is 0. The van der Waals surface area contributed by atoms with E-state index in [2.05, 4.69) is 28.2 Å². The number of unbranched alkanes of at least 4 members (excludes halogenated alkanes) is 2. The van der Waals surface area contributed by atoms with Gasteiger partial charge in [0.2, 0.25) is 0 Å². The van der Waals surface area contributed by atoms with Crippen molar-refractivity contribution in [2.24, 2.45) is 0 Å². The van der Waals surface area contributed by atoms with Crippen LogP contribution in [0.3, 0.4) is 0 Å². The largest absolute Gasteiger partial charge is 0.317 e. The van der Waals surface area contributed by atoms with Crippen molar-refractivity contribution in [2.45, 2.75) is 45.4 Å². The number of hydrogen-bond donors (Lipinski definition) is 1. The van der Waals surface area contributed by atoms with E-state index in [9.17, 15) is 0 Å². The second kappa shape index (κ2) is 11.4. The molecule has 1 aliphatic heterocycles. The Morgan fingerprint density at radius 1 is 1.08 bits per heavy atom. The molecule has 12 heavy (non-hydrogen) atoms. The van der Waals surface area contributed by atoms with Crippen LogP contribution in [0.2, 0.25) is 0 Å². The zero-order valence-electron chi connectivity index (χ0n) is 8.24. The van der Waals surface area contributed by atoms with Gasteiger partial charge in [0.05, 0.1) is 0 Å². The Morgan fingerprint density at radius 2 is 1.75 bits per heavy atom. The zero-order valence-corrected chi connectivity index (χ0v) is 9.83. The second-order valence-electron chi connectivity index (χ2n) is 3.21. The fraction of sp³-hybridized carbons (Fsp3) is 1.00. The Hall–Kier alpha value is 0.440. The molecule has 0 aromatic carbocycles. The van der Waals surface area contributed by atoms with Crippen LogP contribution in [-0.2, 0) is 0 Å². The van der Waals surface area contributed by atoms with Gasteiger partial charge in [-0.05, 0) is 32.4 Å². The zero-order chi connectivity index (χ0) is 9.07. The third kappa shape index (κ3) is 10.4. The van der Waals surface area contributed by atoms with Crippen LogP contribution in [0.1, 0.15) is 45.4 Å². The van der Waals surface area contributed by atoms with Crippen LogP contribution in [0.25, 0.3) is 0 Å². The maximum absolute atomic E-state index is 3.35. The van der Waals surface area contributed by atoms with E-state index >= 15 is 0 Å². The Bertz CT molecular complexity index is 56.7. The summed E-state index contributed by atoms with van der Waals surface area (Å²) in [6.07, 6.45) is 8.24. The van der Waals surface area contributed by atoms with Gasteiger partial charge in [-0.1, -0.05) is 42.1 Å². The molecule has 1 fully saturated rings. The predicted octanol–water partition coefficient (Wildman–Crippen LogP) is 3.33. The smallest absolute Gasteiger partial charge is 0.00313 e. The third-order valence-electron chi connectivity index (χ3n) is 1.94. The monoisotopic (exact) mass is 235 g/mol. The van der Waals surface area contributed by atoms with E-state index < -0.39 is 0 Å². The fourth-order valence-corrected chi connectivity index (χ4v) is 1.54. The summed E-state index contributed by atoms with van der Waals surface area (Å²) in [4.78, 5) is 0. The van der Waals surface area contributed by atoms with Crippen molar-refractivity contribution in [1.29, 1.82) is 0 Å². The maximum atomic E-state index is 3.35. The van der Waals surface area contributed by atoms with Gasteiger partial charge in [-0.15, -0.1) is 0 Å². The molecular weight excluding hydrogens is 214 g/mol. The van der Waals surface area contributed by atoms with E-state index in [4.69, 9.17) is 0 Å². The van der Waals surface area contributed by atoms with Gasteiger partial charge in [-0.2, -0.15) is 0 Å². The molecule has 1 aliphatic rings. The highest BCUT2D eigenvalue weighted by atomic mass is 79.9. The van der Waals surface area contributed by atoms with Crippen molar-refractivity contribution >= 4 is 15.9 Å². The average molecular weight is 236 g/mol. The Balaban J connectivity index is 0.000000202. The summed E-state index contributed by atoms with van der Waals surface area (Å²) in [5.41, 5.74) is 0. The first-order valence-electron chi connectivity index (χ1n) is 5.18. The summed E-state index contributed by atoms with van der Waals surface area (Å²) in [6, 6.07) is 0. The van der Waals surface area contributed by atoms with E-state index in [1.165, 1.54) is 56.9 Å². The molecule has 0 bridgehead atoms. The normalized spacial score (nSPS) is 16.5. The molecule has 0 spiro atoms. The lowest BCUT2D eigenvalue weighted by Gasteiger charge is -2.08. The molecule has 2 heteroatoms. The van der Waals surface area contributed by atoms with Crippen LogP contribution in [0.15, 0.2) is 0 Å². The minimum absolute atomic E-state index is 1.17. The van der Waals surface area contributed by atoms with Crippen LogP contribution in [-0.4, -0.2) is 18.4 Å². The number of halogens is 1. The molecule has 74 valence electrons. The molecule has 0 atom stereocenters. The van der Waals surface area contributed by atoms with Gasteiger partial charge in [0.15, 0.2) is 0 Å². The molecule has 1 heterocycles. The molecule has 0 amide bonds. The van der Waals surface area contributed by atoms with Gasteiger partial charge >= 0.3 is 0 Å². The molecule has 0 unspecified atom stereocenters. The highest BCUT2D eigenvalue weighted by Crippen LogP contribution is 1.96. The lowest BCUT2D eigenvalue weighted by Crippen LogP contribution is -2.21. The highest BCUT2D eigenvalue weighted by molar-refractivity contribution is 9.09. The van der Waals surface area contributed by atoms with Crippen LogP contribution in [0, 0.1) is 0 Å². The number of rotatable bonds is 3. The molecule has 1 saturated heterocycles. The topological polar surface area (TPSA) is 12.0 Å². The van der Waals surface area contributed by atoms with Gasteiger partial charge in [0.1, 0.15) is 0 Å². The summed E-state index contributed by atoms with van der Waals surface area (Å²) >= 11 is 3.35. The predicted molar refractivity (Wildman–Crippen MR) is 60.0 cm³/mol.